The highest BCUT2D eigenvalue weighted by atomic mass is 32.1. The lowest BCUT2D eigenvalue weighted by Crippen LogP contribution is -2.29. The van der Waals surface area contributed by atoms with E-state index in [4.69, 9.17) is 0 Å². The maximum absolute atomic E-state index is 12.2. The minimum absolute atomic E-state index is 0.0297. The molecule has 0 atom stereocenters. The normalized spacial score (nSPS) is 14.8. The summed E-state index contributed by atoms with van der Waals surface area (Å²) in [4.78, 5) is 22.5. The number of thiophene rings is 1. The van der Waals surface area contributed by atoms with Gasteiger partial charge in [0, 0.05) is 12.1 Å². The van der Waals surface area contributed by atoms with E-state index in [-0.39, 0.29) is 11.9 Å². The minimum atomic E-state index is -0.0297. The van der Waals surface area contributed by atoms with Gasteiger partial charge in [0.25, 0.3) is 5.91 Å². The zero-order chi connectivity index (χ0) is 14.3. The van der Waals surface area contributed by atoms with E-state index in [1.807, 2.05) is 20.8 Å². The van der Waals surface area contributed by atoms with E-state index in [1.54, 1.807) is 6.33 Å². The molecule has 20 heavy (non-hydrogen) atoms. The molecule has 1 aliphatic carbocycles. The highest BCUT2D eigenvalue weighted by Gasteiger charge is 2.25. The first-order valence-electron chi connectivity index (χ1n) is 6.87. The molecule has 5 nitrogen and oxygen atoms in total. The zero-order valence-electron chi connectivity index (χ0n) is 11.9. The molecule has 1 aliphatic rings. The van der Waals surface area contributed by atoms with E-state index in [1.165, 1.54) is 24.2 Å². The number of nitrogens with one attached hydrogen (secondary N) is 2. The lowest BCUT2D eigenvalue weighted by atomic mass is 10.2. The molecule has 1 saturated carbocycles. The van der Waals surface area contributed by atoms with Crippen molar-refractivity contribution in [3.8, 4) is 0 Å². The molecule has 1 fully saturated rings. The fourth-order valence-electron chi connectivity index (χ4n) is 2.15. The van der Waals surface area contributed by atoms with Crippen LogP contribution >= 0.6 is 11.3 Å². The van der Waals surface area contributed by atoms with Crippen LogP contribution in [-0.4, -0.2) is 28.0 Å². The van der Waals surface area contributed by atoms with E-state index < -0.39 is 0 Å². The Morgan fingerprint density at radius 3 is 2.80 bits per heavy atom. The van der Waals surface area contributed by atoms with Gasteiger partial charge in [0.1, 0.15) is 17.0 Å². The van der Waals surface area contributed by atoms with Crippen molar-refractivity contribution in [2.45, 2.75) is 45.7 Å². The molecule has 0 aromatic carbocycles. The van der Waals surface area contributed by atoms with Crippen LogP contribution in [0.3, 0.4) is 0 Å². The molecule has 6 heteroatoms. The van der Waals surface area contributed by atoms with Crippen molar-refractivity contribution in [2.75, 3.05) is 5.32 Å². The highest BCUT2D eigenvalue weighted by Crippen LogP contribution is 2.35. The Labute approximate surface area is 121 Å². The quantitative estimate of drug-likeness (QED) is 0.908. The highest BCUT2D eigenvalue weighted by molar-refractivity contribution is 7.20. The summed E-state index contributed by atoms with van der Waals surface area (Å²) < 4.78 is 0. The summed E-state index contributed by atoms with van der Waals surface area (Å²) >= 11 is 1.43. The molecule has 106 valence electrons. The van der Waals surface area contributed by atoms with Gasteiger partial charge >= 0.3 is 0 Å². The van der Waals surface area contributed by atoms with Crippen LogP contribution in [0.4, 0.5) is 5.82 Å². The first-order chi connectivity index (χ1) is 9.56. The van der Waals surface area contributed by atoms with E-state index >= 15 is 0 Å². The average molecular weight is 290 g/mol. The molecular formula is C14H18N4OS. The van der Waals surface area contributed by atoms with Crippen molar-refractivity contribution in [3.63, 3.8) is 0 Å². The third kappa shape index (κ3) is 2.47. The van der Waals surface area contributed by atoms with Gasteiger partial charge in [-0.15, -0.1) is 11.3 Å². The summed E-state index contributed by atoms with van der Waals surface area (Å²) in [6.07, 6.45) is 3.94. The summed E-state index contributed by atoms with van der Waals surface area (Å²) in [5.74, 6) is 0.827. The Morgan fingerprint density at radius 1 is 1.40 bits per heavy atom. The summed E-state index contributed by atoms with van der Waals surface area (Å²) in [6.45, 7) is 5.89. The van der Waals surface area contributed by atoms with Gasteiger partial charge in [0.15, 0.2) is 0 Å². The van der Waals surface area contributed by atoms with Gasteiger partial charge in [-0.2, -0.15) is 0 Å². The van der Waals surface area contributed by atoms with Crippen LogP contribution in [0.1, 0.15) is 41.9 Å². The van der Waals surface area contributed by atoms with Crippen LogP contribution in [0.2, 0.25) is 0 Å². The van der Waals surface area contributed by atoms with E-state index in [2.05, 4.69) is 20.6 Å². The number of amides is 1. The van der Waals surface area contributed by atoms with Crippen molar-refractivity contribution in [2.24, 2.45) is 0 Å². The lowest BCUT2D eigenvalue weighted by molar-refractivity contribution is 0.0947. The number of fused-ring (bicyclic) bond motifs is 1. The Kier molecular flexibility index (Phi) is 3.33. The molecule has 0 spiro atoms. The van der Waals surface area contributed by atoms with Gasteiger partial charge in [-0.25, -0.2) is 9.97 Å². The van der Waals surface area contributed by atoms with Gasteiger partial charge < -0.3 is 10.6 Å². The standard InChI is InChI=1S/C14H18N4OS/c1-7(2)17-13(19)11-8(3)10-12(18-9-4-5-9)15-6-16-14(10)20-11/h6-7,9H,4-5H2,1-3H3,(H,17,19)(H,15,16,18). The van der Waals surface area contributed by atoms with E-state index in [9.17, 15) is 4.79 Å². The number of anilines is 1. The van der Waals surface area contributed by atoms with Crippen molar-refractivity contribution in [1.82, 2.24) is 15.3 Å². The topological polar surface area (TPSA) is 66.9 Å². The Hall–Kier alpha value is -1.69. The van der Waals surface area contributed by atoms with Gasteiger partial charge in [-0.1, -0.05) is 0 Å². The summed E-state index contributed by atoms with van der Waals surface area (Å²) in [5, 5.41) is 7.34. The van der Waals surface area contributed by atoms with Crippen LogP contribution in [-0.2, 0) is 0 Å². The molecule has 2 aromatic heterocycles. The van der Waals surface area contributed by atoms with Gasteiger partial charge in [0.05, 0.1) is 10.3 Å². The van der Waals surface area contributed by atoms with Crippen LogP contribution in [0.25, 0.3) is 10.2 Å². The second-order valence-corrected chi connectivity index (χ2v) is 6.50. The largest absolute Gasteiger partial charge is 0.367 e. The second-order valence-electron chi connectivity index (χ2n) is 5.51. The molecule has 0 bridgehead atoms. The third-order valence-corrected chi connectivity index (χ3v) is 4.47. The second kappa shape index (κ2) is 5.01. The summed E-state index contributed by atoms with van der Waals surface area (Å²) in [6, 6.07) is 0.655. The summed E-state index contributed by atoms with van der Waals surface area (Å²) in [7, 11) is 0. The Balaban J connectivity index is 2.02. The fraction of sp³-hybridized carbons (Fsp3) is 0.500. The predicted molar refractivity (Wildman–Crippen MR) is 81.4 cm³/mol. The molecule has 3 rings (SSSR count). The zero-order valence-corrected chi connectivity index (χ0v) is 12.7. The number of hydrogen-bond donors (Lipinski definition) is 2. The van der Waals surface area contributed by atoms with Gasteiger partial charge in [-0.05, 0) is 39.2 Å². The molecule has 0 radical (unpaired) electrons. The molecule has 2 N–H and O–H groups in total. The van der Waals surface area contributed by atoms with Gasteiger partial charge in [0.2, 0.25) is 0 Å². The Bertz CT molecular complexity index is 660. The number of aromatic nitrogens is 2. The summed E-state index contributed by atoms with van der Waals surface area (Å²) in [5.41, 5.74) is 0.965. The van der Waals surface area contributed by atoms with Crippen molar-refractivity contribution in [3.05, 3.63) is 16.8 Å². The monoisotopic (exact) mass is 290 g/mol. The van der Waals surface area contributed by atoms with Crippen molar-refractivity contribution in [1.29, 1.82) is 0 Å². The average Bonchev–Trinajstić information content (AvgIpc) is 3.12. The number of nitrogens with zero attached hydrogens (tertiary/aromatic N) is 2. The molecule has 0 unspecified atom stereocenters. The maximum atomic E-state index is 12.2. The maximum Gasteiger partial charge on any atom is 0.261 e. The van der Waals surface area contributed by atoms with Crippen molar-refractivity contribution < 1.29 is 4.79 Å². The van der Waals surface area contributed by atoms with Crippen LogP contribution in [0.5, 0.6) is 0 Å². The molecule has 1 amide bonds. The predicted octanol–water partition coefficient (Wildman–Crippen LogP) is 2.71. The van der Waals surface area contributed by atoms with Crippen LogP contribution in [0.15, 0.2) is 6.33 Å². The number of carbonyl (C=O) groups is 1. The molecular weight excluding hydrogens is 272 g/mol. The van der Waals surface area contributed by atoms with Gasteiger partial charge in [-0.3, -0.25) is 4.79 Å². The first-order valence-corrected chi connectivity index (χ1v) is 7.69. The smallest absolute Gasteiger partial charge is 0.261 e. The van der Waals surface area contributed by atoms with Crippen molar-refractivity contribution >= 4 is 33.3 Å². The van der Waals surface area contributed by atoms with E-state index in [0.717, 1.165) is 26.5 Å². The van der Waals surface area contributed by atoms with E-state index in [0.29, 0.717) is 6.04 Å². The first kappa shape index (κ1) is 13.3. The minimum Gasteiger partial charge on any atom is -0.367 e. The molecule has 2 heterocycles. The van der Waals surface area contributed by atoms with Crippen LogP contribution < -0.4 is 10.6 Å². The fourth-order valence-corrected chi connectivity index (χ4v) is 3.20. The SMILES string of the molecule is Cc1c(C(=O)NC(C)C)sc2ncnc(NC3CC3)c12. The number of aryl methyl sites for hydroxylation is 1. The Morgan fingerprint density at radius 2 is 2.15 bits per heavy atom. The number of carbonyl (C=O) groups excluding carboxylic acids is 1. The number of hydrogen-bond acceptors (Lipinski definition) is 5. The number of rotatable bonds is 4. The van der Waals surface area contributed by atoms with Crippen LogP contribution in [0, 0.1) is 6.92 Å². The third-order valence-electron chi connectivity index (χ3n) is 3.27. The lowest BCUT2D eigenvalue weighted by Gasteiger charge is -2.07. The molecule has 0 saturated heterocycles. The molecule has 0 aliphatic heterocycles. The molecule has 2 aromatic rings.